The Morgan fingerprint density at radius 1 is 1.00 bits per heavy atom. The highest BCUT2D eigenvalue weighted by Gasteiger charge is 2.03. The number of hydrogen-bond acceptors (Lipinski definition) is 5. The van der Waals surface area contributed by atoms with Crippen molar-refractivity contribution in [2.75, 3.05) is 19.0 Å². The third-order valence-electron chi connectivity index (χ3n) is 2.67. The van der Waals surface area contributed by atoms with Gasteiger partial charge in [0.05, 0.1) is 0 Å². The van der Waals surface area contributed by atoms with E-state index < -0.39 is 0 Å². The van der Waals surface area contributed by atoms with Crippen molar-refractivity contribution in [2.45, 2.75) is 0 Å². The fraction of sp³-hybridized carbons (Fsp3) is 0.167. The molecule has 3 aromatic heterocycles. The van der Waals surface area contributed by atoms with E-state index in [1.54, 1.807) is 10.7 Å². The van der Waals surface area contributed by atoms with E-state index in [9.17, 15) is 0 Å². The van der Waals surface area contributed by atoms with Gasteiger partial charge < -0.3 is 4.90 Å². The molecular formula is C12H12N6. The second-order valence-electron chi connectivity index (χ2n) is 4.15. The van der Waals surface area contributed by atoms with Gasteiger partial charge in [0, 0.05) is 43.8 Å². The highest BCUT2D eigenvalue weighted by molar-refractivity contribution is 5.62. The zero-order valence-electron chi connectivity index (χ0n) is 10.1. The number of aromatic nitrogens is 5. The first-order valence-corrected chi connectivity index (χ1v) is 5.53. The predicted molar refractivity (Wildman–Crippen MR) is 68.3 cm³/mol. The molecule has 0 saturated heterocycles. The van der Waals surface area contributed by atoms with Crippen molar-refractivity contribution in [3.05, 3.63) is 37.1 Å². The lowest BCUT2D eigenvalue weighted by atomic mass is 10.1. The maximum absolute atomic E-state index is 4.38. The third kappa shape index (κ3) is 1.77. The van der Waals surface area contributed by atoms with Crippen LogP contribution in [0.1, 0.15) is 0 Å². The molecule has 6 nitrogen and oxygen atoms in total. The molecule has 3 rings (SSSR count). The van der Waals surface area contributed by atoms with E-state index in [1.807, 2.05) is 43.5 Å². The van der Waals surface area contributed by atoms with E-state index in [-0.39, 0.29) is 0 Å². The SMILES string of the molecule is CN(C)c1ccc(-c2cnc3ncnn3c2)cn1. The van der Waals surface area contributed by atoms with Crippen LogP contribution < -0.4 is 4.90 Å². The standard InChI is InChI=1S/C12H12N6/c1-17(2)11-4-3-9(5-13-11)10-6-14-12-15-8-16-18(12)7-10/h3-8H,1-2H3. The summed E-state index contributed by atoms with van der Waals surface area (Å²) >= 11 is 0. The van der Waals surface area contributed by atoms with Crippen LogP contribution >= 0.6 is 0 Å². The second kappa shape index (κ2) is 4.06. The van der Waals surface area contributed by atoms with Gasteiger partial charge in [-0.15, -0.1) is 0 Å². The first-order valence-electron chi connectivity index (χ1n) is 5.53. The van der Waals surface area contributed by atoms with E-state index in [0.29, 0.717) is 5.78 Å². The number of anilines is 1. The molecule has 0 saturated carbocycles. The molecule has 0 amide bonds. The Kier molecular flexibility index (Phi) is 2.40. The molecule has 0 aromatic carbocycles. The molecule has 0 spiro atoms. The van der Waals surface area contributed by atoms with Gasteiger partial charge in [-0.25, -0.2) is 14.5 Å². The lowest BCUT2D eigenvalue weighted by Gasteiger charge is -2.11. The van der Waals surface area contributed by atoms with Crippen molar-refractivity contribution in [2.24, 2.45) is 0 Å². The summed E-state index contributed by atoms with van der Waals surface area (Å²) in [6, 6.07) is 3.99. The molecule has 0 bridgehead atoms. The van der Waals surface area contributed by atoms with E-state index >= 15 is 0 Å². The van der Waals surface area contributed by atoms with Gasteiger partial charge >= 0.3 is 0 Å². The van der Waals surface area contributed by atoms with Crippen molar-refractivity contribution in [3.8, 4) is 11.1 Å². The van der Waals surface area contributed by atoms with E-state index in [4.69, 9.17) is 0 Å². The molecular weight excluding hydrogens is 228 g/mol. The van der Waals surface area contributed by atoms with Crippen molar-refractivity contribution < 1.29 is 0 Å². The summed E-state index contributed by atoms with van der Waals surface area (Å²) in [5, 5.41) is 4.07. The Morgan fingerprint density at radius 3 is 2.56 bits per heavy atom. The number of nitrogens with zero attached hydrogens (tertiary/aromatic N) is 6. The van der Waals surface area contributed by atoms with Crippen LogP contribution in [0.25, 0.3) is 16.9 Å². The molecule has 6 heteroatoms. The molecule has 0 aliphatic heterocycles. The summed E-state index contributed by atoms with van der Waals surface area (Å²) in [4.78, 5) is 14.6. The molecule has 3 aromatic rings. The third-order valence-corrected chi connectivity index (χ3v) is 2.67. The van der Waals surface area contributed by atoms with Crippen LogP contribution in [0, 0.1) is 0 Å². The first-order chi connectivity index (χ1) is 8.74. The molecule has 18 heavy (non-hydrogen) atoms. The quantitative estimate of drug-likeness (QED) is 0.674. The van der Waals surface area contributed by atoms with Crippen LogP contribution in [-0.4, -0.2) is 38.7 Å². The minimum atomic E-state index is 0.594. The van der Waals surface area contributed by atoms with Crippen molar-refractivity contribution >= 4 is 11.6 Å². The zero-order chi connectivity index (χ0) is 12.5. The van der Waals surface area contributed by atoms with Gasteiger partial charge in [0.15, 0.2) is 0 Å². The van der Waals surface area contributed by atoms with Gasteiger partial charge in [-0.2, -0.15) is 10.1 Å². The molecule has 0 radical (unpaired) electrons. The second-order valence-corrected chi connectivity index (χ2v) is 4.15. The summed E-state index contributed by atoms with van der Waals surface area (Å²) in [5.41, 5.74) is 1.97. The Bertz CT molecular complexity index is 670. The molecule has 0 aliphatic rings. The van der Waals surface area contributed by atoms with Crippen LogP contribution in [0.5, 0.6) is 0 Å². The van der Waals surface area contributed by atoms with Gasteiger partial charge in [0.2, 0.25) is 0 Å². The maximum atomic E-state index is 4.38. The average Bonchev–Trinajstić information content (AvgIpc) is 2.86. The lowest BCUT2D eigenvalue weighted by molar-refractivity contribution is 0.940. The smallest absolute Gasteiger partial charge is 0.252 e. The fourth-order valence-electron chi connectivity index (χ4n) is 1.69. The summed E-state index contributed by atoms with van der Waals surface area (Å²) < 4.78 is 1.65. The van der Waals surface area contributed by atoms with Crippen LogP contribution in [0.2, 0.25) is 0 Å². The van der Waals surface area contributed by atoms with Crippen LogP contribution in [0.4, 0.5) is 5.82 Å². The molecule has 0 unspecified atom stereocenters. The number of rotatable bonds is 2. The summed E-state index contributed by atoms with van der Waals surface area (Å²) in [7, 11) is 3.93. The van der Waals surface area contributed by atoms with E-state index in [1.165, 1.54) is 6.33 Å². The molecule has 3 heterocycles. The van der Waals surface area contributed by atoms with Gasteiger partial charge in [-0.05, 0) is 12.1 Å². The van der Waals surface area contributed by atoms with Gasteiger partial charge in [0.1, 0.15) is 12.1 Å². The van der Waals surface area contributed by atoms with Crippen LogP contribution in [0.3, 0.4) is 0 Å². The number of fused-ring (bicyclic) bond motifs is 1. The summed E-state index contributed by atoms with van der Waals surface area (Å²) in [5.74, 6) is 1.52. The molecule has 0 aliphatic carbocycles. The maximum Gasteiger partial charge on any atom is 0.252 e. The van der Waals surface area contributed by atoms with Gasteiger partial charge in [-0.1, -0.05) is 0 Å². The molecule has 90 valence electrons. The normalized spacial score (nSPS) is 10.8. The van der Waals surface area contributed by atoms with E-state index in [0.717, 1.165) is 16.9 Å². The van der Waals surface area contributed by atoms with Crippen molar-refractivity contribution in [1.29, 1.82) is 0 Å². The highest BCUT2D eigenvalue weighted by Crippen LogP contribution is 2.19. The first kappa shape index (κ1) is 10.6. The highest BCUT2D eigenvalue weighted by atomic mass is 15.3. The Labute approximate surface area is 104 Å². The summed E-state index contributed by atoms with van der Waals surface area (Å²) in [6.45, 7) is 0. The largest absolute Gasteiger partial charge is 0.363 e. The lowest BCUT2D eigenvalue weighted by Crippen LogP contribution is -2.10. The number of pyridine rings is 1. The minimum absolute atomic E-state index is 0.594. The monoisotopic (exact) mass is 240 g/mol. The van der Waals surface area contributed by atoms with Crippen molar-refractivity contribution in [1.82, 2.24) is 24.6 Å². The van der Waals surface area contributed by atoms with Gasteiger partial charge in [0.25, 0.3) is 5.78 Å². The van der Waals surface area contributed by atoms with Crippen molar-refractivity contribution in [3.63, 3.8) is 0 Å². The van der Waals surface area contributed by atoms with Gasteiger partial charge in [-0.3, -0.25) is 0 Å². The van der Waals surface area contributed by atoms with E-state index in [2.05, 4.69) is 20.1 Å². The van der Waals surface area contributed by atoms with Crippen LogP contribution in [-0.2, 0) is 0 Å². The number of hydrogen-bond donors (Lipinski definition) is 0. The Morgan fingerprint density at radius 2 is 1.83 bits per heavy atom. The fourth-order valence-corrected chi connectivity index (χ4v) is 1.69. The predicted octanol–water partition coefficient (Wildman–Crippen LogP) is 1.25. The topological polar surface area (TPSA) is 59.2 Å². The molecule has 0 N–H and O–H groups in total. The average molecular weight is 240 g/mol. The summed E-state index contributed by atoms with van der Waals surface area (Å²) in [6.07, 6.45) is 6.98. The minimum Gasteiger partial charge on any atom is -0.363 e. The molecule has 0 fully saturated rings. The van der Waals surface area contributed by atoms with Crippen LogP contribution in [0.15, 0.2) is 37.1 Å². The zero-order valence-corrected chi connectivity index (χ0v) is 10.1. The Hall–Kier alpha value is -2.50. The Balaban J connectivity index is 2.02. The molecule has 0 atom stereocenters.